The summed E-state index contributed by atoms with van der Waals surface area (Å²) in [5.74, 6) is -0.366. The molecule has 0 unspecified atom stereocenters. The van der Waals surface area contributed by atoms with Crippen molar-refractivity contribution in [1.82, 2.24) is 5.32 Å². The lowest BCUT2D eigenvalue weighted by Crippen LogP contribution is -2.27. The van der Waals surface area contributed by atoms with Crippen molar-refractivity contribution in [3.05, 3.63) is 0 Å². The highest BCUT2D eigenvalue weighted by atomic mass is 32.2. The van der Waals surface area contributed by atoms with Gasteiger partial charge in [0, 0.05) is 33.3 Å². The van der Waals surface area contributed by atoms with E-state index in [0.717, 1.165) is 32.3 Å². The van der Waals surface area contributed by atoms with Gasteiger partial charge in [-0.3, -0.25) is 4.55 Å². The molecule has 0 fully saturated rings. The number of hydrogen-bond acceptors (Lipinski definition) is 8. The van der Waals surface area contributed by atoms with Crippen LogP contribution in [0.3, 0.4) is 0 Å². The van der Waals surface area contributed by atoms with Crippen molar-refractivity contribution < 1.29 is 37.1 Å². The summed E-state index contributed by atoms with van der Waals surface area (Å²) in [6, 6.07) is 2.12. The Labute approximate surface area is 265 Å². The van der Waals surface area contributed by atoms with Gasteiger partial charge in [0.2, 0.25) is 0 Å². The Kier molecular flexibility index (Phi) is 29.1. The largest absolute Gasteiger partial charge is 0.450 e. The fraction of sp³-hybridized carbons (Fsp3) is 0.938. The fourth-order valence-electron chi connectivity index (χ4n) is 2.33. The molecule has 0 aliphatic heterocycles. The molecule has 0 atom stereocenters. The van der Waals surface area contributed by atoms with Crippen molar-refractivity contribution >= 4 is 16.2 Å². The van der Waals surface area contributed by atoms with Gasteiger partial charge in [-0.1, -0.05) is 83.1 Å². The molecule has 1 amide bonds. The van der Waals surface area contributed by atoms with E-state index in [1.54, 1.807) is 7.11 Å². The van der Waals surface area contributed by atoms with Gasteiger partial charge in [-0.2, -0.15) is 13.7 Å². The van der Waals surface area contributed by atoms with Gasteiger partial charge >= 0.3 is 6.09 Å². The van der Waals surface area contributed by atoms with E-state index < -0.39 is 16.2 Å². The zero-order valence-electron chi connectivity index (χ0n) is 29.9. The summed E-state index contributed by atoms with van der Waals surface area (Å²) in [5.41, 5.74) is 1.11. The van der Waals surface area contributed by atoms with Crippen molar-refractivity contribution in [1.29, 1.82) is 5.26 Å². The lowest BCUT2D eigenvalue weighted by atomic mass is 9.91. The van der Waals surface area contributed by atoms with Gasteiger partial charge in [0.1, 0.15) is 0 Å². The average Bonchev–Trinajstić information content (AvgIpc) is 2.78. The molecule has 11 heteroatoms. The first-order chi connectivity index (χ1) is 19.3. The van der Waals surface area contributed by atoms with Gasteiger partial charge in [0.25, 0.3) is 10.1 Å². The second-order valence-electron chi connectivity index (χ2n) is 15.2. The van der Waals surface area contributed by atoms with Crippen LogP contribution in [0.15, 0.2) is 0 Å². The number of hydrogen-bond donors (Lipinski definition) is 3. The van der Waals surface area contributed by atoms with Crippen LogP contribution < -0.4 is 5.32 Å². The number of rotatable bonds is 13. The van der Waals surface area contributed by atoms with E-state index in [1.807, 2.05) is 20.8 Å². The van der Waals surface area contributed by atoms with Gasteiger partial charge in [0.05, 0.1) is 31.6 Å². The van der Waals surface area contributed by atoms with Crippen LogP contribution in [0.5, 0.6) is 0 Å². The number of nitrogens with zero attached hydrogens (tertiary/aromatic N) is 1. The van der Waals surface area contributed by atoms with Gasteiger partial charge in [-0.15, -0.1) is 0 Å². The third kappa shape index (κ3) is 64.6. The highest BCUT2D eigenvalue weighted by Crippen LogP contribution is 2.20. The molecule has 0 heterocycles. The number of carbonyl (C=O) groups is 1. The number of ether oxygens (including phenoxy) is 3. The molecule has 0 saturated carbocycles. The van der Waals surface area contributed by atoms with Crippen molar-refractivity contribution in [3.8, 4) is 6.07 Å². The molecule has 0 saturated heterocycles. The maximum Gasteiger partial charge on any atom is 0.407 e. The number of amides is 1. The lowest BCUT2D eigenvalue weighted by molar-refractivity contribution is 0.0580. The first-order valence-electron chi connectivity index (χ1n) is 15.2. The van der Waals surface area contributed by atoms with E-state index in [4.69, 9.17) is 29.1 Å². The SMILES string of the molecule is CC(C)(C)CCC#N.CC(C)(C)CCO.CC(C)(C)CCOC(=O)NCCCS(=O)(=O)O.COCCOCCC(C)(C)C. The molecule has 0 bridgehead atoms. The molecule has 3 N–H and O–H groups in total. The summed E-state index contributed by atoms with van der Waals surface area (Å²) in [6.07, 6.45) is 4.04. The smallest absolute Gasteiger partial charge is 0.407 e. The molecule has 0 aliphatic carbocycles. The molecule has 10 nitrogen and oxygen atoms in total. The van der Waals surface area contributed by atoms with Crippen LogP contribution in [-0.4, -0.2) is 76.6 Å². The maximum absolute atomic E-state index is 11.1. The summed E-state index contributed by atoms with van der Waals surface area (Å²) >= 11 is 0. The van der Waals surface area contributed by atoms with Crippen LogP contribution in [0.1, 0.15) is 122 Å². The number of alkyl carbamates (subject to hydrolysis) is 1. The van der Waals surface area contributed by atoms with E-state index in [9.17, 15) is 13.2 Å². The van der Waals surface area contributed by atoms with E-state index in [0.29, 0.717) is 49.1 Å². The second-order valence-corrected chi connectivity index (χ2v) is 16.8. The Balaban J connectivity index is -0.000000252. The Morgan fingerprint density at radius 2 is 1.23 bits per heavy atom. The standard InChI is InChI=1S/C10H21NO5S.C9H20O2.C7H13N.C6H14O/c1-10(2,3)5-7-16-9(12)11-6-4-8-17(13,14)15;1-9(2,3)5-6-11-8-7-10-4;1-7(2,3)5-4-6-8;1-6(2,3)4-5-7/h4-8H2,1-3H3,(H,11,12)(H,13,14,15);5-8H2,1-4H3;4-5H2,1-3H3;7H,4-5H2,1-3H3. The number of nitrogens with one attached hydrogen (secondary N) is 1. The third-order valence-electron chi connectivity index (χ3n) is 5.21. The Bertz CT molecular complexity index is 798. The van der Waals surface area contributed by atoms with Crippen molar-refractivity contribution in [3.63, 3.8) is 0 Å². The number of nitriles is 1. The van der Waals surface area contributed by atoms with Gasteiger partial charge in [-0.25, -0.2) is 4.79 Å². The molecule has 0 rings (SSSR count). The predicted molar refractivity (Wildman–Crippen MR) is 177 cm³/mol. The number of methoxy groups -OCH3 is 1. The van der Waals surface area contributed by atoms with Crippen LogP contribution in [0.4, 0.5) is 4.79 Å². The molecule has 0 aromatic rings. The maximum atomic E-state index is 11.1. The number of aliphatic hydroxyl groups excluding tert-OH is 1. The Morgan fingerprint density at radius 3 is 1.56 bits per heavy atom. The molecule has 0 radical (unpaired) electrons. The highest BCUT2D eigenvalue weighted by molar-refractivity contribution is 7.85. The first-order valence-corrected chi connectivity index (χ1v) is 16.8. The van der Waals surface area contributed by atoms with E-state index >= 15 is 0 Å². The van der Waals surface area contributed by atoms with Crippen molar-refractivity contribution in [2.45, 2.75) is 122 Å². The zero-order valence-corrected chi connectivity index (χ0v) is 30.7. The molecular formula is C32H68N2O8S. The fourth-order valence-corrected chi connectivity index (χ4v) is 2.84. The van der Waals surface area contributed by atoms with Gasteiger partial charge in [-0.05, 0) is 53.8 Å². The van der Waals surface area contributed by atoms with Gasteiger partial charge in [0.15, 0.2) is 0 Å². The van der Waals surface area contributed by atoms with Crippen LogP contribution >= 0.6 is 0 Å². The van der Waals surface area contributed by atoms with Crippen LogP contribution in [0.2, 0.25) is 0 Å². The Hall–Kier alpha value is -1.45. The summed E-state index contributed by atoms with van der Waals surface area (Å²) in [7, 11) is -2.26. The molecule has 43 heavy (non-hydrogen) atoms. The van der Waals surface area contributed by atoms with Gasteiger partial charge < -0.3 is 24.6 Å². The van der Waals surface area contributed by atoms with Crippen LogP contribution in [0, 0.1) is 33.0 Å². The predicted octanol–water partition coefficient (Wildman–Crippen LogP) is 7.26. The van der Waals surface area contributed by atoms with E-state index in [-0.39, 0.29) is 24.1 Å². The summed E-state index contributed by atoms with van der Waals surface area (Å²) in [5, 5.41) is 19.0. The number of carbonyl (C=O) groups excluding carboxylic acids is 1. The Morgan fingerprint density at radius 1 is 0.767 bits per heavy atom. The molecule has 260 valence electrons. The van der Waals surface area contributed by atoms with Crippen LogP contribution in [0.25, 0.3) is 0 Å². The molecular weight excluding hydrogens is 572 g/mol. The second kappa shape index (κ2) is 25.8. The third-order valence-corrected chi connectivity index (χ3v) is 6.02. The normalized spacial score (nSPS) is 11.9. The summed E-state index contributed by atoms with van der Waals surface area (Å²) in [4.78, 5) is 11.1. The minimum Gasteiger partial charge on any atom is -0.450 e. The van der Waals surface area contributed by atoms with Crippen molar-refractivity contribution in [2.75, 3.05) is 52.4 Å². The van der Waals surface area contributed by atoms with Crippen molar-refractivity contribution in [2.24, 2.45) is 21.7 Å². The average molecular weight is 641 g/mol. The monoisotopic (exact) mass is 640 g/mol. The minimum atomic E-state index is -3.95. The first kappa shape index (κ1) is 48.5. The summed E-state index contributed by atoms with van der Waals surface area (Å²) < 4.78 is 44.2. The summed E-state index contributed by atoms with van der Waals surface area (Å²) in [6.45, 7) is 28.6. The molecule has 0 spiro atoms. The lowest BCUT2D eigenvalue weighted by Gasteiger charge is -2.17. The highest BCUT2D eigenvalue weighted by Gasteiger charge is 2.12. The quantitative estimate of drug-likeness (QED) is 0.139. The topological polar surface area (TPSA) is 155 Å². The molecule has 0 aromatic heterocycles. The van der Waals surface area contributed by atoms with E-state index in [2.05, 4.69) is 73.7 Å². The minimum absolute atomic E-state index is 0.102. The van der Waals surface area contributed by atoms with E-state index in [1.165, 1.54) is 0 Å². The zero-order chi connectivity index (χ0) is 34.8. The number of aliphatic hydroxyl groups is 1. The molecule has 0 aromatic carbocycles. The van der Waals surface area contributed by atoms with Crippen LogP contribution in [-0.2, 0) is 24.3 Å². The molecule has 0 aliphatic rings.